The lowest BCUT2D eigenvalue weighted by Gasteiger charge is -1.98. The Morgan fingerprint density at radius 1 is 1.75 bits per heavy atom. The largest absolute Gasteiger partial charge is 0.233 e. The van der Waals surface area contributed by atoms with Gasteiger partial charge in [0.25, 0.3) is 0 Å². The Labute approximate surface area is 55.7 Å². The molecule has 0 aliphatic rings. The van der Waals surface area contributed by atoms with Crippen molar-refractivity contribution in [2.45, 2.75) is 32.3 Å². The molecule has 0 aliphatic carbocycles. The van der Waals surface area contributed by atoms with Gasteiger partial charge in [0.2, 0.25) is 0 Å². The third-order valence-electron chi connectivity index (χ3n) is 0.970. The predicted octanol–water partition coefficient (Wildman–Crippen LogP) is 1.98. The summed E-state index contributed by atoms with van der Waals surface area (Å²) in [4.78, 5) is 0. The van der Waals surface area contributed by atoms with Gasteiger partial charge in [0.05, 0.1) is 6.10 Å². The predicted molar refractivity (Wildman–Crippen MR) is 37.7 cm³/mol. The van der Waals surface area contributed by atoms with Crippen molar-refractivity contribution in [1.29, 1.82) is 0 Å². The summed E-state index contributed by atoms with van der Waals surface area (Å²) >= 11 is 4.52. The monoisotopic (exact) mass is 131 g/mol. The molecule has 0 saturated carbocycles. The van der Waals surface area contributed by atoms with E-state index in [9.17, 15) is 5.11 Å². The minimum absolute atomic E-state index is 0.447. The second-order valence-electron chi connectivity index (χ2n) is 1.81. The molecule has 0 N–H and O–H groups in total. The fraction of sp³-hybridized carbons (Fsp3) is 0.833. The summed E-state index contributed by atoms with van der Waals surface area (Å²) in [6.07, 6.45) is 1.82. The molecule has 0 spiro atoms. The SMILES string of the molecule is CCCC([O])CC=S. The van der Waals surface area contributed by atoms with Crippen molar-refractivity contribution in [3.63, 3.8) is 0 Å². The van der Waals surface area contributed by atoms with Crippen molar-refractivity contribution in [2.75, 3.05) is 0 Å². The van der Waals surface area contributed by atoms with Gasteiger partial charge in [-0.2, -0.15) is 0 Å². The van der Waals surface area contributed by atoms with E-state index in [0.717, 1.165) is 12.8 Å². The molecule has 0 aromatic carbocycles. The maximum Gasteiger partial charge on any atom is 0.0972 e. The van der Waals surface area contributed by atoms with E-state index >= 15 is 0 Å². The summed E-state index contributed by atoms with van der Waals surface area (Å²) in [5, 5.41) is 12.1. The average Bonchev–Trinajstić information content (AvgIpc) is 1.68. The lowest BCUT2D eigenvalue weighted by atomic mass is 10.2. The summed E-state index contributed by atoms with van der Waals surface area (Å²) in [5.41, 5.74) is 0. The number of hydrogen-bond acceptors (Lipinski definition) is 1. The normalized spacial score (nSPS) is 13.2. The van der Waals surface area contributed by atoms with Crippen LogP contribution in [0.3, 0.4) is 0 Å². The highest BCUT2D eigenvalue weighted by atomic mass is 32.1. The van der Waals surface area contributed by atoms with Crippen molar-refractivity contribution in [2.24, 2.45) is 0 Å². The van der Waals surface area contributed by atoms with Gasteiger partial charge in [0.1, 0.15) is 0 Å². The van der Waals surface area contributed by atoms with Crippen LogP contribution in [-0.2, 0) is 5.11 Å². The van der Waals surface area contributed by atoms with E-state index in [1.807, 2.05) is 6.92 Å². The molecule has 47 valence electrons. The molecular formula is C6H11OS. The highest BCUT2D eigenvalue weighted by Crippen LogP contribution is 1.98. The first-order valence-electron chi connectivity index (χ1n) is 2.90. The zero-order chi connectivity index (χ0) is 6.41. The molecule has 1 radical (unpaired) electrons. The van der Waals surface area contributed by atoms with Crippen LogP contribution in [0.4, 0.5) is 0 Å². The molecule has 0 rings (SSSR count). The first-order chi connectivity index (χ1) is 3.81. The van der Waals surface area contributed by atoms with Crippen LogP contribution in [0.15, 0.2) is 0 Å². The van der Waals surface area contributed by atoms with E-state index in [4.69, 9.17) is 0 Å². The Balaban J connectivity index is 3.03. The molecule has 0 aromatic rings. The van der Waals surface area contributed by atoms with Gasteiger partial charge in [-0.3, -0.25) is 0 Å². The van der Waals surface area contributed by atoms with Crippen molar-refractivity contribution >= 4 is 17.6 Å². The highest BCUT2D eigenvalue weighted by molar-refractivity contribution is 7.78. The van der Waals surface area contributed by atoms with Crippen molar-refractivity contribution in [1.82, 2.24) is 0 Å². The van der Waals surface area contributed by atoms with Crippen LogP contribution in [0.5, 0.6) is 0 Å². The molecule has 0 amide bonds. The smallest absolute Gasteiger partial charge is 0.0972 e. The van der Waals surface area contributed by atoms with E-state index < -0.39 is 6.10 Å². The highest BCUT2D eigenvalue weighted by Gasteiger charge is 1.99. The third kappa shape index (κ3) is 4.22. The van der Waals surface area contributed by atoms with Crippen LogP contribution in [-0.4, -0.2) is 11.5 Å². The van der Waals surface area contributed by atoms with Crippen LogP contribution in [0.25, 0.3) is 0 Å². The van der Waals surface area contributed by atoms with Crippen molar-refractivity contribution in [3.05, 3.63) is 0 Å². The summed E-state index contributed by atoms with van der Waals surface area (Å²) in [5.74, 6) is 0. The lowest BCUT2D eigenvalue weighted by molar-refractivity contribution is 0.0881. The van der Waals surface area contributed by atoms with Crippen LogP contribution < -0.4 is 0 Å². The van der Waals surface area contributed by atoms with Crippen LogP contribution in [0.1, 0.15) is 26.2 Å². The molecule has 0 aromatic heterocycles. The molecule has 8 heavy (non-hydrogen) atoms. The van der Waals surface area contributed by atoms with Gasteiger partial charge in [-0.05, 0) is 11.8 Å². The Bertz CT molecular complexity index is 63.5. The second-order valence-corrected chi connectivity index (χ2v) is 2.15. The molecule has 1 nitrogen and oxygen atoms in total. The number of hydrogen-bond donors (Lipinski definition) is 0. The van der Waals surface area contributed by atoms with E-state index in [0.29, 0.717) is 6.42 Å². The van der Waals surface area contributed by atoms with Crippen molar-refractivity contribution in [3.8, 4) is 0 Å². The van der Waals surface area contributed by atoms with E-state index in [-0.39, 0.29) is 0 Å². The summed E-state index contributed by atoms with van der Waals surface area (Å²) in [7, 11) is 0. The van der Waals surface area contributed by atoms with Crippen LogP contribution in [0.2, 0.25) is 0 Å². The Kier molecular flexibility index (Phi) is 5.22. The zero-order valence-electron chi connectivity index (χ0n) is 5.09. The van der Waals surface area contributed by atoms with Gasteiger partial charge in [-0.1, -0.05) is 25.6 Å². The fourth-order valence-electron chi connectivity index (χ4n) is 0.547. The topological polar surface area (TPSA) is 19.9 Å². The van der Waals surface area contributed by atoms with Gasteiger partial charge in [-0.25, -0.2) is 5.11 Å². The molecule has 0 bridgehead atoms. The van der Waals surface area contributed by atoms with Gasteiger partial charge in [-0.15, -0.1) is 0 Å². The van der Waals surface area contributed by atoms with Gasteiger partial charge in [0.15, 0.2) is 0 Å². The fourth-order valence-corrected chi connectivity index (χ4v) is 0.762. The zero-order valence-corrected chi connectivity index (χ0v) is 5.91. The number of thiocarbonyl (C=S) groups is 1. The van der Waals surface area contributed by atoms with Gasteiger partial charge >= 0.3 is 0 Å². The standard InChI is InChI=1S/C6H11OS/c1-2-3-6(7)4-5-8/h5-6H,2-4H2,1H3. The van der Waals surface area contributed by atoms with E-state index in [1.165, 1.54) is 5.37 Å². The molecule has 2 heteroatoms. The Morgan fingerprint density at radius 3 is 2.75 bits per heavy atom. The maximum absolute atomic E-state index is 10.6. The summed E-state index contributed by atoms with van der Waals surface area (Å²) in [6.45, 7) is 2.01. The van der Waals surface area contributed by atoms with E-state index in [1.54, 1.807) is 0 Å². The Morgan fingerprint density at radius 2 is 2.38 bits per heavy atom. The molecular weight excluding hydrogens is 120 g/mol. The Hall–Kier alpha value is 0.0500. The molecule has 0 heterocycles. The van der Waals surface area contributed by atoms with Crippen molar-refractivity contribution < 1.29 is 5.11 Å². The summed E-state index contributed by atoms with van der Waals surface area (Å²) < 4.78 is 0. The second kappa shape index (κ2) is 5.19. The summed E-state index contributed by atoms with van der Waals surface area (Å²) in [6, 6.07) is 0. The molecule has 0 saturated heterocycles. The quantitative estimate of drug-likeness (QED) is 0.534. The molecule has 0 aliphatic heterocycles. The third-order valence-corrected chi connectivity index (χ3v) is 1.16. The van der Waals surface area contributed by atoms with Gasteiger partial charge in [0, 0.05) is 6.42 Å². The first kappa shape index (κ1) is 8.05. The van der Waals surface area contributed by atoms with E-state index in [2.05, 4.69) is 12.2 Å². The average molecular weight is 131 g/mol. The minimum atomic E-state index is -0.447. The lowest BCUT2D eigenvalue weighted by Crippen LogP contribution is -2.02. The number of rotatable bonds is 4. The van der Waals surface area contributed by atoms with Crippen LogP contribution >= 0.6 is 12.2 Å². The molecule has 0 fully saturated rings. The first-order valence-corrected chi connectivity index (χ1v) is 3.37. The minimum Gasteiger partial charge on any atom is -0.233 e. The van der Waals surface area contributed by atoms with Gasteiger partial charge < -0.3 is 0 Å². The molecule has 1 atom stereocenters. The molecule has 1 unspecified atom stereocenters. The maximum atomic E-state index is 10.6. The van der Waals surface area contributed by atoms with Crippen LogP contribution in [0, 0.1) is 0 Å².